The summed E-state index contributed by atoms with van der Waals surface area (Å²) >= 11 is 0. The molecular formula is C22H25FN4O. The zero-order valence-corrected chi connectivity index (χ0v) is 16.1. The number of carbonyl (C=O) groups is 1. The normalized spacial score (nSPS) is 16.1. The van der Waals surface area contributed by atoms with E-state index in [2.05, 4.69) is 27.5 Å². The average molecular weight is 380 g/mol. The van der Waals surface area contributed by atoms with Crippen molar-refractivity contribution in [3.05, 3.63) is 77.0 Å². The SMILES string of the molecule is Cc1cc(C)c(/C=C2\C(=O)Nc3ccc(F)cc32)[nH]1.NCCN1C=CC=CC1. The first kappa shape index (κ1) is 19.6. The molecule has 0 bridgehead atoms. The smallest absolute Gasteiger partial charge is 0.256 e. The summed E-state index contributed by atoms with van der Waals surface area (Å²) in [5.74, 6) is -0.548. The van der Waals surface area contributed by atoms with Gasteiger partial charge in [0.1, 0.15) is 5.82 Å². The Bertz CT molecular complexity index is 955. The molecule has 4 rings (SSSR count). The van der Waals surface area contributed by atoms with E-state index in [-0.39, 0.29) is 11.7 Å². The number of allylic oxidation sites excluding steroid dienone is 2. The number of H-pyrrole nitrogens is 1. The highest BCUT2D eigenvalue weighted by molar-refractivity contribution is 6.34. The predicted octanol–water partition coefficient (Wildman–Crippen LogP) is 3.59. The zero-order valence-electron chi connectivity index (χ0n) is 16.1. The van der Waals surface area contributed by atoms with E-state index in [1.54, 1.807) is 12.1 Å². The number of nitrogens with two attached hydrogens (primary N) is 1. The molecule has 2 aliphatic rings. The zero-order chi connectivity index (χ0) is 20.1. The Hall–Kier alpha value is -3.12. The Balaban J connectivity index is 0.000000211. The lowest BCUT2D eigenvalue weighted by molar-refractivity contribution is -0.110. The molecule has 1 aromatic carbocycles. The third-order valence-corrected chi connectivity index (χ3v) is 4.54. The summed E-state index contributed by atoms with van der Waals surface area (Å²) in [4.78, 5) is 17.3. The van der Waals surface area contributed by atoms with Gasteiger partial charge in [-0.1, -0.05) is 12.2 Å². The molecule has 0 fully saturated rings. The summed E-state index contributed by atoms with van der Waals surface area (Å²) in [6, 6.07) is 6.30. The van der Waals surface area contributed by atoms with Crippen molar-refractivity contribution in [3.63, 3.8) is 0 Å². The van der Waals surface area contributed by atoms with Crippen LogP contribution >= 0.6 is 0 Å². The highest BCUT2D eigenvalue weighted by Crippen LogP contribution is 2.33. The molecule has 0 saturated heterocycles. The number of halogens is 1. The fourth-order valence-corrected chi connectivity index (χ4v) is 3.19. The van der Waals surface area contributed by atoms with Crippen LogP contribution in [0.1, 0.15) is 22.5 Å². The molecule has 28 heavy (non-hydrogen) atoms. The summed E-state index contributed by atoms with van der Waals surface area (Å²) in [6.45, 7) is 6.62. The third kappa shape index (κ3) is 4.58. The number of anilines is 1. The molecule has 2 aliphatic heterocycles. The monoisotopic (exact) mass is 380 g/mol. The lowest BCUT2D eigenvalue weighted by atomic mass is 10.1. The summed E-state index contributed by atoms with van der Waals surface area (Å²) < 4.78 is 13.3. The van der Waals surface area contributed by atoms with Gasteiger partial charge in [0.05, 0.1) is 5.57 Å². The number of aromatic nitrogens is 1. The van der Waals surface area contributed by atoms with Crippen LogP contribution in [0.4, 0.5) is 10.1 Å². The topological polar surface area (TPSA) is 74.1 Å². The van der Waals surface area contributed by atoms with E-state index in [0.717, 1.165) is 36.6 Å². The summed E-state index contributed by atoms with van der Waals surface area (Å²) in [5, 5.41) is 2.73. The summed E-state index contributed by atoms with van der Waals surface area (Å²) in [7, 11) is 0. The van der Waals surface area contributed by atoms with Gasteiger partial charge in [0.15, 0.2) is 0 Å². The van der Waals surface area contributed by atoms with Crippen LogP contribution in [0.3, 0.4) is 0 Å². The molecule has 4 N–H and O–H groups in total. The fraction of sp³-hybridized carbons (Fsp3) is 0.227. The molecule has 3 heterocycles. The Labute approximate surface area is 164 Å². The minimum absolute atomic E-state index is 0.202. The van der Waals surface area contributed by atoms with Gasteiger partial charge in [0, 0.05) is 42.3 Å². The number of hydrogen-bond donors (Lipinski definition) is 3. The summed E-state index contributed by atoms with van der Waals surface area (Å²) in [6.07, 6.45) is 10.0. The van der Waals surface area contributed by atoms with Crippen molar-refractivity contribution in [3.8, 4) is 0 Å². The minimum atomic E-state index is -0.347. The maximum atomic E-state index is 13.3. The van der Waals surface area contributed by atoms with Crippen molar-refractivity contribution in [1.29, 1.82) is 0 Å². The van der Waals surface area contributed by atoms with E-state index < -0.39 is 0 Å². The second kappa shape index (κ2) is 8.71. The highest BCUT2D eigenvalue weighted by Gasteiger charge is 2.24. The average Bonchev–Trinajstić information content (AvgIpc) is 3.15. The minimum Gasteiger partial charge on any atom is -0.372 e. The number of aromatic amines is 1. The lowest BCUT2D eigenvalue weighted by Crippen LogP contribution is -2.25. The van der Waals surface area contributed by atoms with Crippen LogP contribution in [0.15, 0.2) is 48.7 Å². The first-order chi connectivity index (χ1) is 13.5. The van der Waals surface area contributed by atoms with Crippen molar-refractivity contribution >= 4 is 23.2 Å². The Morgan fingerprint density at radius 1 is 1.25 bits per heavy atom. The van der Waals surface area contributed by atoms with Crippen molar-refractivity contribution in [2.45, 2.75) is 13.8 Å². The standard InChI is InChI=1S/C15H13FN2O.C7H12N2/c1-8-5-9(2)17-14(8)7-12-11-6-10(16)3-4-13(11)18-15(12)19;8-4-7-9-5-2-1-3-6-9/h3-7,17H,1-2H3,(H,18,19);1-3,5H,4,6-8H2/b12-7-;. The predicted molar refractivity (Wildman–Crippen MR) is 112 cm³/mol. The number of hydrogen-bond acceptors (Lipinski definition) is 3. The molecule has 6 heteroatoms. The lowest BCUT2D eigenvalue weighted by Gasteiger charge is -2.18. The highest BCUT2D eigenvalue weighted by atomic mass is 19.1. The van der Waals surface area contributed by atoms with Crippen LogP contribution in [0.2, 0.25) is 0 Å². The number of benzene rings is 1. The molecule has 0 aliphatic carbocycles. The molecule has 0 radical (unpaired) electrons. The van der Waals surface area contributed by atoms with E-state index in [1.807, 2.05) is 32.1 Å². The quantitative estimate of drug-likeness (QED) is 0.713. The van der Waals surface area contributed by atoms with Crippen LogP contribution < -0.4 is 11.1 Å². The van der Waals surface area contributed by atoms with Crippen molar-refractivity contribution < 1.29 is 9.18 Å². The molecule has 2 aromatic rings. The number of nitrogens with one attached hydrogen (secondary N) is 2. The Morgan fingerprint density at radius 2 is 2.07 bits per heavy atom. The van der Waals surface area contributed by atoms with Crippen LogP contribution in [0.25, 0.3) is 11.6 Å². The number of amides is 1. The number of nitrogens with zero attached hydrogens (tertiary/aromatic N) is 1. The molecule has 1 aromatic heterocycles. The second-order valence-electron chi connectivity index (χ2n) is 6.80. The van der Waals surface area contributed by atoms with Crippen molar-refractivity contribution in [1.82, 2.24) is 9.88 Å². The van der Waals surface area contributed by atoms with Crippen LogP contribution in [0.5, 0.6) is 0 Å². The van der Waals surface area contributed by atoms with Crippen LogP contribution in [0, 0.1) is 19.7 Å². The second-order valence-corrected chi connectivity index (χ2v) is 6.80. The van der Waals surface area contributed by atoms with Crippen molar-refractivity contribution in [2.24, 2.45) is 5.73 Å². The van der Waals surface area contributed by atoms with Crippen molar-refractivity contribution in [2.75, 3.05) is 25.0 Å². The van der Waals surface area contributed by atoms with Gasteiger partial charge >= 0.3 is 0 Å². The van der Waals surface area contributed by atoms with E-state index in [0.29, 0.717) is 16.8 Å². The van der Waals surface area contributed by atoms with Gasteiger partial charge in [-0.25, -0.2) is 4.39 Å². The maximum Gasteiger partial charge on any atom is 0.256 e. The van der Waals surface area contributed by atoms with Gasteiger partial charge in [-0.3, -0.25) is 4.79 Å². The van der Waals surface area contributed by atoms with Gasteiger partial charge in [-0.2, -0.15) is 0 Å². The van der Waals surface area contributed by atoms with E-state index in [4.69, 9.17) is 5.73 Å². The molecule has 146 valence electrons. The van der Waals surface area contributed by atoms with Crippen LogP contribution in [-0.4, -0.2) is 35.4 Å². The van der Waals surface area contributed by atoms with Gasteiger partial charge < -0.3 is 20.9 Å². The molecule has 5 nitrogen and oxygen atoms in total. The molecule has 0 atom stereocenters. The van der Waals surface area contributed by atoms with E-state index >= 15 is 0 Å². The number of fused-ring (bicyclic) bond motifs is 1. The van der Waals surface area contributed by atoms with Gasteiger partial charge in [-0.15, -0.1) is 0 Å². The largest absolute Gasteiger partial charge is 0.372 e. The first-order valence-electron chi connectivity index (χ1n) is 9.24. The van der Waals surface area contributed by atoms with E-state index in [1.165, 1.54) is 12.1 Å². The first-order valence-corrected chi connectivity index (χ1v) is 9.24. The van der Waals surface area contributed by atoms with Gasteiger partial charge in [0.25, 0.3) is 5.91 Å². The van der Waals surface area contributed by atoms with Gasteiger partial charge in [-0.05, 0) is 62.0 Å². The number of rotatable bonds is 3. The number of aryl methyl sites for hydroxylation is 2. The molecular weight excluding hydrogens is 355 g/mol. The molecule has 0 saturated carbocycles. The number of carbonyl (C=O) groups excluding carboxylic acids is 1. The van der Waals surface area contributed by atoms with Gasteiger partial charge in [0.2, 0.25) is 0 Å². The van der Waals surface area contributed by atoms with E-state index in [9.17, 15) is 9.18 Å². The molecule has 0 unspecified atom stereocenters. The Kier molecular flexibility index (Phi) is 6.11. The molecule has 1 amide bonds. The summed E-state index contributed by atoms with van der Waals surface area (Å²) in [5.41, 5.74) is 10.1. The Morgan fingerprint density at radius 3 is 2.71 bits per heavy atom. The molecule has 0 spiro atoms. The third-order valence-electron chi connectivity index (χ3n) is 4.54. The van der Waals surface area contributed by atoms with Crippen LogP contribution in [-0.2, 0) is 4.79 Å². The maximum absolute atomic E-state index is 13.3. The fourth-order valence-electron chi connectivity index (χ4n) is 3.19.